The van der Waals surface area contributed by atoms with E-state index >= 15 is 0 Å². The highest BCUT2D eigenvalue weighted by molar-refractivity contribution is 5.81. The summed E-state index contributed by atoms with van der Waals surface area (Å²) < 4.78 is 44.0. The van der Waals surface area contributed by atoms with Crippen LogP contribution in [0.4, 0.5) is 13.2 Å². The average Bonchev–Trinajstić information content (AvgIpc) is 2.46. The number of alkyl halides is 3. The minimum absolute atomic E-state index is 0.100. The Morgan fingerprint density at radius 3 is 2.48 bits per heavy atom. The van der Waals surface area contributed by atoms with Gasteiger partial charge in [0.2, 0.25) is 0 Å². The molecule has 0 saturated heterocycles. The number of aliphatic hydroxyl groups excluding tert-OH is 1. The number of rotatable bonds is 7. The van der Waals surface area contributed by atoms with Crippen LogP contribution >= 0.6 is 0 Å². The minimum Gasteiger partial charge on any atom is -0.480 e. The number of hydrogen-bond donors (Lipinski definition) is 2. The van der Waals surface area contributed by atoms with Crippen molar-refractivity contribution >= 4 is 5.91 Å². The van der Waals surface area contributed by atoms with Gasteiger partial charge in [-0.1, -0.05) is 19.1 Å². The van der Waals surface area contributed by atoms with Crippen LogP contribution in [0.15, 0.2) is 24.3 Å². The van der Waals surface area contributed by atoms with Crippen molar-refractivity contribution in [3.05, 3.63) is 29.8 Å². The summed E-state index contributed by atoms with van der Waals surface area (Å²) in [4.78, 5) is 12.2. The average molecular weight is 333 g/mol. The number of nitrogens with one attached hydrogen (secondary N) is 1. The molecule has 2 atom stereocenters. The molecule has 7 heteroatoms. The molecule has 0 aromatic heterocycles. The quantitative estimate of drug-likeness (QED) is 0.806. The molecule has 1 rings (SSSR count). The maximum absolute atomic E-state index is 12.9. The molecule has 1 amide bonds. The van der Waals surface area contributed by atoms with Crippen molar-refractivity contribution in [3.63, 3.8) is 0 Å². The molecule has 1 aromatic rings. The third kappa shape index (κ3) is 5.42. The molecule has 2 N–H and O–H groups in total. The van der Waals surface area contributed by atoms with Crippen LogP contribution in [0.2, 0.25) is 0 Å². The first-order valence-corrected chi connectivity index (χ1v) is 7.38. The van der Waals surface area contributed by atoms with Crippen molar-refractivity contribution in [2.75, 3.05) is 6.61 Å². The van der Waals surface area contributed by atoms with Gasteiger partial charge in [0.1, 0.15) is 5.75 Å². The van der Waals surface area contributed by atoms with Crippen LogP contribution in [-0.2, 0) is 11.0 Å². The summed E-state index contributed by atoms with van der Waals surface area (Å²) in [7, 11) is 0. The second-order valence-electron chi connectivity index (χ2n) is 5.63. The standard InChI is InChI=1S/C16H22F3NO3/c1-4-15(3,9-10-21)20-14(22)11(2)23-13-8-6-5-7-12(13)16(17,18)19/h5-8,11,21H,4,9-10H2,1-3H3,(H,20,22). The molecule has 0 heterocycles. The molecule has 0 bridgehead atoms. The first-order chi connectivity index (χ1) is 10.6. The van der Waals surface area contributed by atoms with E-state index in [2.05, 4.69) is 5.32 Å². The van der Waals surface area contributed by atoms with Crippen molar-refractivity contribution in [1.82, 2.24) is 5.32 Å². The molecule has 23 heavy (non-hydrogen) atoms. The fraction of sp³-hybridized carbons (Fsp3) is 0.562. The largest absolute Gasteiger partial charge is 0.480 e. The van der Waals surface area contributed by atoms with Crippen LogP contribution < -0.4 is 10.1 Å². The normalized spacial score (nSPS) is 15.6. The van der Waals surface area contributed by atoms with Gasteiger partial charge >= 0.3 is 6.18 Å². The van der Waals surface area contributed by atoms with Crippen molar-refractivity contribution in [2.45, 2.75) is 51.4 Å². The van der Waals surface area contributed by atoms with Gasteiger partial charge in [0, 0.05) is 12.1 Å². The van der Waals surface area contributed by atoms with E-state index in [1.54, 1.807) is 6.92 Å². The fourth-order valence-corrected chi connectivity index (χ4v) is 2.02. The van der Waals surface area contributed by atoms with Crippen LogP contribution in [-0.4, -0.2) is 29.3 Å². The topological polar surface area (TPSA) is 58.6 Å². The van der Waals surface area contributed by atoms with Crippen molar-refractivity contribution in [3.8, 4) is 5.75 Å². The van der Waals surface area contributed by atoms with E-state index in [0.717, 1.165) is 6.07 Å². The Labute approximate surface area is 133 Å². The molecule has 0 saturated carbocycles. The van der Waals surface area contributed by atoms with E-state index in [0.29, 0.717) is 12.8 Å². The summed E-state index contributed by atoms with van der Waals surface area (Å²) in [5.41, 5.74) is -1.55. The van der Waals surface area contributed by atoms with Gasteiger partial charge in [-0.25, -0.2) is 0 Å². The molecule has 1 aromatic carbocycles. The number of hydrogen-bond acceptors (Lipinski definition) is 3. The lowest BCUT2D eigenvalue weighted by Gasteiger charge is -2.30. The van der Waals surface area contributed by atoms with E-state index in [4.69, 9.17) is 9.84 Å². The van der Waals surface area contributed by atoms with Crippen LogP contribution in [0.3, 0.4) is 0 Å². The zero-order valence-electron chi connectivity index (χ0n) is 13.4. The molecular weight excluding hydrogens is 311 g/mol. The maximum atomic E-state index is 12.9. The summed E-state index contributed by atoms with van der Waals surface area (Å²) in [5, 5.41) is 11.8. The first kappa shape index (κ1) is 19.3. The molecule has 0 spiro atoms. The Morgan fingerprint density at radius 2 is 1.96 bits per heavy atom. The number of ether oxygens (including phenoxy) is 1. The van der Waals surface area contributed by atoms with Crippen LogP contribution in [0, 0.1) is 0 Å². The number of aliphatic hydroxyl groups is 1. The van der Waals surface area contributed by atoms with Gasteiger partial charge in [0.15, 0.2) is 6.10 Å². The van der Waals surface area contributed by atoms with Gasteiger partial charge in [-0.3, -0.25) is 4.79 Å². The van der Waals surface area contributed by atoms with Gasteiger partial charge in [-0.05, 0) is 38.8 Å². The number of carbonyl (C=O) groups is 1. The van der Waals surface area contributed by atoms with Gasteiger partial charge in [-0.2, -0.15) is 13.2 Å². The van der Waals surface area contributed by atoms with Crippen molar-refractivity contribution in [2.24, 2.45) is 0 Å². The Morgan fingerprint density at radius 1 is 1.35 bits per heavy atom. The molecule has 2 unspecified atom stereocenters. The number of para-hydroxylation sites is 1. The lowest BCUT2D eigenvalue weighted by molar-refractivity contribution is -0.141. The van der Waals surface area contributed by atoms with E-state index in [-0.39, 0.29) is 12.4 Å². The fourth-order valence-electron chi connectivity index (χ4n) is 2.02. The van der Waals surface area contributed by atoms with E-state index in [1.165, 1.54) is 25.1 Å². The summed E-state index contributed by atoms with van der Waals surface area (Å²) in [5.74, 6) is -0.914. The number of carbonyl (C=O) groups excluding carboxylic acids is 1. The second kappa shape index (κ2) is 7.68. The first-order valence-electron chi connectivity index (χ1n) is 7.38. The van der Waals surface area contributed by atoms with Crippen LogP contribution in [0.5, 0.6) is 5.75 Å². The molecule has 0 aliphatic carbocycles. The highest BCUT2D eigenvalue weighted by Gasteiger charge is 2.35. The van der Waals surface area contributed by atoms with Gasteiger partial charge in [0.05, 0.1) is 5.56 Å². The Balaban J connectivity index is 2.84. The Kier molecular flexibility index (Phi) is 6.44. The summed E-state index contributed by atoms with van der Waals surface area (Å²) in [6, 6.07) is 4.76. The molecule has 0 aliphatic heterocycles. The summed E-state index contributed by atoms with van der Waals surface area (Å²) in [6.45, 7) is 4.90. The lowest BCUT2D eigenvalue weighted by Crippen LogP contribution is -2.50. The number of halogens is 3. The predicted octanol–water partition coefficient (Wildman–Crippen LogP) is 3.14. The molecule has 130 valence electrons. The monoisotopic (exact) mass is 333 g/mol. The highest BCUT2D eigenvalue weighted by atomic mass is 19.4. The Bertz CT molecular complexity index is 534. The maximum Gasteiger partial charge on any atom is 0.419 e. The summed E-state index contributed by atoms with van der Waals surface area (Å²) in [6.07, 6.45) is -4.73. The van der Waals surface area contributed by atoms with E-state index in [9.17, 15) is 18.0 Å². The molecule has 0 fully saturated rings. The predicted molar refractivity (Wildman–Crippen MR) is 80.1 cm³/mol. The van der Waals surface area contributed by atoms with Gasteiger partial charge in [-0.15, -0.1) is 0 Å². The molecule has 4 nitrogen and oxygen atoms in total. The SMILES string of the molecule is CCC(C)(CCO)NC(=O)C(C)Oc1ccccc1C(F)(F)F. The minimum atomic E-state index is -4.55. The smallest absolute Gasteiger partial charge is 0.419 e. The summed E-state index contributed by atoms with van der Waals surface area (Å²) >= 11 is 0. The van der Waals surface area contributed by atoms with Crippen LogP contribution in [0.25, 0.3) is 0 Å². The zero-order chi connectivity index (χ0) is 17.7. The third-order valence-corrected chi connectivity index (χ3v) is 3.73. The highest BCUT2D eigenvalue weighted by Crippen LogP contribution is 2.36. The van der Waals surface area contributed by atoms with Crippen molar-refractivity contribution < 1.29 is 27.8 Å². The molecular formula is C16H22F3NO3. The molecule has 0 aliphatic rings. The van der Waals surface area contributed by atoms with Gasteiger partial charge in [0.25, 0.3) is 5.91 Å². The van der Waals surface area contributed by atoms with Crippen molar-refractivity contribution in [1.29, 1.82) is 0 Å². The second-order valence-corrected chi connectivity index (χ2v) is 5.63. The zero-order valence-corrected chi connectivity index (χ0v) is 13.4. The Hall–Kier alpha value is -1.76. The number of benzene rings is 1. The molecule has 0 radical (unpaired) electrons. The van der Waals surface area contributed by atoms with Crippen LogP contribution in [0.1, 0.15) is 39.2 Å². The van der Waals surface area contributed by atoms with E-state index in [1.807, 2.05) is 6.92 Å². The number of amides is 1. The van der Waals surface area contributed by atoms with Gasteiger partial charge < -0.3 is 15.2 Å². The lowest BCUT2D eigenvalue weighted by atomic mass is 9.94. The van der Waals surface area contributed by atoms with E-state index < -0.39 is 29.3 Å². The third-order valence-electron chi connectivity index (χ3n) is 3.73.